The van der Waals surface area contributed by atoms with E-state index in [0.29, 0.717) is 26.2 Å². The Morgan fingerprint density at radius 1 is 1.18 bits per heavy atom. The number of carbonyl (C=O) groups is 2. The van der Waals surface area contributed by atoms with Gasteiger partial charge in [0.2, 0.25) is 11.7 Å². The molecule has 0 aliphatic carbocycles. The van der Waals surface area contributed by atoms with Crippen molar-refractivity contribution in [3.63, 3.8) is 0 Å². The van der Waals surface area contributed by atoms with Crippen LogP contribution in [0.2, 0.25) is 0 Å². The molecule has 1 aromatic rings. The van der Waals surface area contributed by atoms with Crippen LogP contribution in [0.3, 0.4) is 0 Å². The lowest BCUT2D eigenvalue weighted by atomic mass is 10.2. The number of rotatable bonds is 3. The Morgan fingerprint density at radius 3 is 2.73 bits per heavy atom. The van der Waals surface area contributed by atoms with Gasteiger partial charge < -0.3 is 19.7 Å². The average Bonchev–Trinajstić information content (AvgIpc) is 3.05. The molecule has 1 atom stereocenters. The first kappa shape index (κ1) is 14.4. The highest BCUT2D eigenvalue weighted by Crippen LogP contribution is 2.22. The predicted molar refractivity (Wildman–Crippen MR) is 79.8 cm³/mol. The zero-order valence-corrected chi connectivity index (χ0v) is 12.2. The molecule has 2 aliphatic heterocycles. The monoisotopic (exact) mass is 302 g/mol. The summed E-state index contributed by atoms with van der Waals surface area (Å²) in [6, 6.07) is 8.75. The third-order valence-electron chi connectivity index (χ3n) is 3.72. The fourth-order valence-electron chi connectivity index (χ4n) is 2.65. The number of amides is 2. The van der Waals surface area contributed by atoms with Crippen LogP contribution in [0.1, 0.15) is 12.8 Å². The van der Waals surface area contributed by atoms with Gasteiger partial charge in [0.1, 0.15) is 25.5 Å². The van der Waals surface area contributed by atoms with Crippen molar-refractivity contribution >= 4 is 17.5 Å². The van der Waals surface area contributed by atoms with Gasteiger partial charge in [0.05, 0.1) is 0 Å². The number of hydrogen-bond acceptors (Lipinski definition) is 4. The molecule has 1 unspecified atom stereocenters. The largest absolute Gasteiger partial charge is 0.494 e. The summed E-state index contributed by atoms with van der Waals surface area (Å²) in [5.74, 6) is -0.287. The first-order valence-electron chi connectivity index (χ1n) is 7.37. The van der Waals surface area contributed by atoms with E-state index in [1.165, 1.54) is 6.26 Å². The molecule has 1 N–H and O–H groups in total. The first-order valence-corrected chi connectivity index (χ1v) is 7.37. The Labute approximate surface area is 128 Å². The summed E-state index contributed by atoms with van der Waals surface area (Å²) in [7, 11) is 0. The summed E-state index contributed by atoms with van der Waals surface area (Å²) >= 11 is 0. The number of hydrogen-bond donors (Lipinski definition) is 1. The van der Waals surface area contributed by atoms with Crippen LogP contribution in [0.5, 0.6) is 0 Å². The zero-order chi connectivity index (χ0) is 15.4. The van der Waals surface area contributed by atoms with E-state index < -0.39 is 6.04 Å². The van der Waals surface area contributed by atoms with Gasteiger partial charge in [-0.3, -0.25) is 9.59 Å². The van der Waals surface area contributed by atoms with Crippen LogP contribution < -0.4 is 5.32 Å². The molecule has 6 heteroatoms. The fourth-order valence-corrected chi connectivity index (χ4v) is 2.65. The van der Waals surface area contributed by atoms with Crippen molar-refractivity contribution < 1.29 is 19.1 Å². The van der Waals surface area contributed by atoms with Gasteiger partial charge in [-0.2, -0.15) is 0 Å². The van der Waals surface area contributed by atoms with Crippen LogP contribution in [-0.2, 0) is 19.1 Å². The molecule has 116 valence electrons. The number of likely N-dealkylation sites (tertiary alicyclic amines) is 1. The minimum Gasteiger partial charge on any atom is -0.494 e. The standard InChI is InChI=1S/C16H18N2O4/c19-15(17-12-5-2-1-3-6-12)13-7-4-8-18(13)16(20)14-11-21-9-10-22-14/h1-3,5-6,11,13H,4,7-10H2,(H,17,19). The number of carbonyl (C=O) groups excluding carboxylic acids is 2. The SMILES string of the molecule is O=C(Nc1ccccc1)C1CCCN1C(=O)C1=COCCO1. The zero-order valence-electron chi connectivity index (χ0n) is 12.2. The smallest absolute Gasteiger partial charge is 0.292 e. The fraction of sp³-hybridized carbons (Fsp3) is 0.375. The van der Waals surface area contributed by atoms with E-state index in [0.717, 1.165) is 12.1 Å². The minimum atomic E-state index is -0.473. The van der Waals surface area contributed by atoms with Gasteiger partial charge in [-0.15, -0.1) is 0 Å². The number of nitrogens with one attached hydrogen (secondary N) is 1. The maximum atomic E-state index is 12.4. The van der Waals surface area contributed by atoms with Gasteiger partial charge in [0.15, 0.2) is 0 Å². The number of benzene rings is 1. The summed E-state index contributed by atoms with van der Waals surface area (Å²) in [4.78, 5) is 26.4. The second kappa shape index (κ2) is 6.51. The van der Waals surface area contributed by atoms with Crippen molar-refractivity contribution in [2.75, 3.05) is 25.1 Å². The molecule has 1 saturated heterocycles. The van der Waals surface area contributed by atoms with Crippen LogP contribution >= 0.6 is 0 Å². The van der Waals surface area contributed by atoms with Crippen molar-refractivity contribution in [2.45, 2.75) is 18.9 Å². The molecule has 0 bridgehead atoms. The van der Waals surface area contributed by atoms with Crippen LogP contribution in [0.25, 0.3) is 0 Å². The summed E-state index contributed by atoms with van der Waals surface area (Å²) in [5.41, 5.74) is 0.725. The van der Waals surface area contributed by atoms with Crippen molar-refractivity contribution in [3.8, 4) is 0 Å². The third kappa shape index (κ3) is 3.05. The van der Waals surface area contributed by atoms with E-state index in [-0.39, 0.29) is 17.6 Å². The Kier molecular flexibility index (Phi) is 4.27. The van der Waals surface area contributed by atoms with Gasteiger partial charge >= 0.3 is 0 Å². The molecule has 0 saturated carbocycles. The van der Waals surface area contributed by atoms with Crippen molar-refractivity contribution in [3.05, 3.63) is 42.4 Å². The maximum absolute atomic E-state index is 12.4. The van der Waals surface area contributed by atoms with E-state index in [1.54, 1.807) is 4.90 Å². The number of anilines is 1. The molecule has 0 aromatic heterocycles. The van der Waals surface area contributed by atoms with E-state index >= 15 is 0 Å². The molecule has 2 aliphatic rings. The van der Waals surface area contributed by atoms with Gasteiger partial charge in [-0.25, -0.2) is 0 Å². The predicted octanol–water partition coefficient (Wildman–Crippen LogP) is 1.50. The second-order valence-electron chi connectivity index (χ2n) is 5.21. The average molecular weight is 302 g/mol. The topological polar surface area (TPSA) is 67.9 Å². The lowest BCUT2D eigenvalue weighted by molar-refractivity contribution is -0.137. The Bertz CT molecular complexity index is 585. The molecule has 0 spiro atoms. The summed E-state index contributed by atoms with van der Waals surface area (Å²) < 4.78 is 10.4. The quantitative estimate of drug-likeness (QED) is 0.919. The second-order valence-corrected chi connectivity index (χ2v) is 5.21. The number of ether oxygens (including phenoxy) is 2. The first-order chi connectivity index (χ1) is 10.8. The van der Waals surface area contributed by atoms with Crippen LogP contribution in [0, 0.1) is 0 Å². The maximum Gasteiger partial charge on any atom is 0.292 e. The highest BCUT2D eigenvalue weighted by molar-refractivity contribution is 6.00. The van der Waals surface area contributed by atoms with E-state index in [2.05, 4.69) is 5.32 Å². The molecular weight excluding hydrogens is 284 g/mol. The summed E-state index contributed by atoms with van der Waals surface area (Å²) in [6.07, 6.45) is 2.78. The van der Waals surface area contributed by atoms with E-state index in [9.17, 15) is 9.59 Å². The van der Waals surface area contributed by atoms with Crippen molar-refractivity contribution in [1.29, 1.82) is 0 Å². The highest BCUT2D eigenvalue weighted by atomic mass is 16.6. The van der Waals surface area contributed by atoms with Crippen LogP contribution in [-0.4, -0.2) is 42.5 Å². The molecule has 2 heterocycles. The Morgan fingerprint density at radius 2 is 2.00 bits per heavy atom. The highest BCUT2D eigenvalue weighted by Gasteiger charge is 2.36. The van der Waals surface area contributed by atoms with Crippen molar-refractivity contribution in [2.24, 2.45) is 0 Å². The molecule has 1 fully saturated rings. The lowest BCUT2D eigenvalue weighted by Crippen LogP contribution is -2.44. The molecular formula is C16H18N2O4. The van der Waals surface area contributed by atoms with Crippen molar-refractivity contribution in [1.82, 2.24) is 4.90 Å². The normalized spacial score (nSPS) is 20.6. The Hall–Kier alpha value is -2.50. The van der Waals surface area contributed by atoms with Gasteiger partial charge in [0.25, 0.3) is 5.91 Å². The third-order valence-corrected chi connectivity index (χ3v) is 3.72. The Balaban J connectivity index is 1.68. The molecule has 2 amide bonds. The van der Waals surface area contributed by atoms with Gasteiger partial charge in [-0.1, -0.05) is 18.2 Å². The molecule has 6 nitrogen and oxygen atoms in total. The van der Waals surface area contributed by atoms with E-state index in [4.69, 9.17) is 9.47 Å². The summed E-state index contributed by atoms with van der Waals surface area (Å²) in [6.45, 7) is 1.34. The van der Waals surface area contributed by atoms with Crippen LogP contribution in [0.4, 0.5) is 5.69 Å². The molecule has 3 rings (SSSR count). The van der Waals surface area contributed by atoms with Gasteiger partial charge in [0, 0.05) is 12.2 Å². The molecule has 22 heavy (non-hydrogen) atoms. The summed E-state index contributed by atoms with van der Waals surface area (Å²) in [5, 5.41) is 2.85. The lowest BCUT2D eigenvalue weighted by Gasteiger charge is -2.25. The van der Waals surface area contributed by atoms with Crippen LogP contribution in [0.15, 0.2) is 42.4 Å². The molecule has 0 radical (unpaired) electrons. The number of nitrogens with zero attached hydrogens (tertiary/aromatic N) is 1. The van der Waals surface area contributed by atoms with Gasteiger partial charge in [-0.05, 0) is 25.0 Å². The number of para-hydroxylation sites is 1. The molecule has 1 aromatic carbocycles. The minimum absolute atomic E-state index is 0.172. The van der Waals surface area contributed by atoms with E-state index in [1.807, 2.05) is 30.3 Å².